The summed E-state index contributed by atoms with van der Waals surface area (Å²) in [6, 6.07) is -2.96. The molecule has 2 unspecified atom stereocenters. The summed E-state index contributed by atoms with van der Waals surface area (Å²) >= 11 is 0. The van der Waals surface area contributed by atoms with Gasteiger partial charge in [-0.2, -0.15) is 0 Å². The van der Waals surface area contributed by atoms with Crippen LogP contribution in [0.5, 0.6) is 0 Å². The molecule has 0 heterocycles. The molecule has 11 N–H and O–H groups in total. The van der Waals surface area contributed by atoms with Crippen LogP contribution in [0.3, 0.4) is 0 Å². The average molecular weight is 764 g/mol. The molecule has 2 rings (SSSR count). The van der Waals surface area contributed by atoms with Gasteiger partial charge < -0.3 is 66.6 Å². The zero-order valence-corrected chi connectivity index (χ0v) is 32.2. The van der Waals surface area contributed by atoms with Gasteiger partial charge in [0.15, 0.2) is 0 Å². The van der Waals surface area contributed by atoms with E-state index >= 15 is 0 Å². The second-order valence-corrected chi connectivity index (χ2v) is 13.6. The van der Waals surface area contributed by atoms with Gasteiger partial charge in [-0.3, -0.25) is 19.2 Å². The Kier molecular flexibility index (Phi) is 17.4. The molecule has 0 spiro atoms. The Labute approximate surface area is 315 Å². The SMILES string of the molecule is Cc1c(C)c(C(=O)NC(CO)CO)c(C)c(N(C)CC(O)C(O)CN(C=O)c2c(C)c(C(=O)NC(CO)CO)c(C)c(C(=O)NC(CO)CO)c2C)c1C. The lowest BCUT2D eigenvalue weighted by atomic mass is 9.89. The van der Waals surface area contributed by atoms with Gasteiger partial charge >= 0.3 is 0 Å². The number of aliphatic hydroxyl groups excluding tert-OH is 8. The van der Waals surface area contributed by atoms with Crippen molar-refractivity contribution in [3.05, 3.63) is 55.6 Å². The van der Waals surface area contributed by atoms with Crippen molar-refractivity contribution in [3.8, 4) is 0 Å². The van der Waals surface area contributed by atoms with E-state index < -0.39 is 94.2 Å². The quantitative estimate of drug-likeness (QED) is 0.0648. The van der Waals surface area contributed by atoms with Gasteiger partial charge in [0, 0.05) is 36.0 Å². The Morgan fingerprint density at radius 2 is 0.852 bits per heavy atom. The Morgan fingerprint density at radius 3 is 1.20 bits per heavy atom. The number of aliphatic hydroxyl groups is 8. The lowest BCUT2D eigenvalue weighted by Crippen LogP contribution is -2.45. The van der Waals surface area contributed by atoms with Gasteiger partial charge in [0.25, 0.3) is 17.7 Å². The van der Waals surface area contributed by atoms with E-state index in [1.807, 2.05) is 13.8 Å². The summed E-state index contributed by atoms with van der Waals surface area (Å²) in [5.74, 6) is -2.06. The summed E-state index contributed by atoms with van der Waals surface area (Å²) in [7, 11) is 1.66. The number of hydrogen-bond acceptors (Lipinski definition) is 13. The topological polar surface area (TPSA) is 273 Å². The predicted molar refractivity (Wildman–Crippen MR) is 201 cm³/mol. The summed E-state index contributed by atoms with van der Waals surface area (Å²) in [5.41, 5.74) is 4.25. The maximum absolute atomic E-state index is 13.5. The first-order chi connectivity index (χ1) is 25.4. The fraction of sp³-hybridized carbons (Fsp3) is 0.568. The van der Waals surface area contributed by atoms with E-state index in [1.54, 1.807) is 25.8 Å². The minimum atomic E-state index is -1.58. The van der Waals surface area contributed by atoms with E-state index in [9.17, 15) is 60.0 Å². The highest BCUT2D eigenvalue weighted by atomic mass is 16.3. The maximum Gasteiger partial charge on any atom is 0.252 e. The van der Waals surface area contributed by atoms with E-state index in [-0.39, 0.29) is 40.0 Å². The molecule has 2 aromatic carbocycles. The normalized spacial score (nSPS) is 12.6. The monoisotopic (exact) mass is 763 g/mol. The standard InChI is InChI=1S/C37H57N5O12/c1-18-19(2)30(35(52)38-25(11-43)12-44)22(5)33(20(18)3)41(8)9-28(50)29(51)10-42(17-49)34-23(6)31(36(53)39-26(13-45)14-46)21(4)32(24(34)7)37(54)40-27(15-47)16-48/h17,25-29,43-48,50-51H,9-16H2,1-8H3,(H,38,52)(H,39,53)(H,40,54). The molecule has 17 heteroatoms. The van der Waals surface area contributed by atoms with E-state index in [0.717, 1.165) is 16.0 Å². The summed E-state index contributed by atoms with van der Waals surface area (Å²) < 4.78 is 0. The molecule has 0 aliphatic rings. The predicted octanol–water partition coefficient (Wildman–Crippen LogP) is -2.08. The van der Waals surface area contributed by atoms with E-state index in [4.69, 9.17) is 0 Å². The first-order valence-corrected chi connectivity index (χ1v) is 17.5. The number of nitrogens with one attached hydrogen (secondary N) is 3. The van der Waals surface area contributed by atoms with Crippen molar-refractivity contribution in [1.29, 1.82) is 0 Å². The summed E-state index contributed by atoms with van der Waals surface area (Å²) in [6.07, 6.45) is -2.69. The molecule has 17 nitrogen and oxygen atoms in total. The fourth-order valence-corrected chi connectivity index (χ4v) is 6.78. The molecule has 2 atom stereocenters. The van der Waals surface area contributed by atoms with Crippen molar-refractivity contribution < 1.29 is 60.0 Å². The minimum Gasteiger partial charge on any atom is -0.394 e. The largest absolute Gasteiger partial charge is 0.394 e. The van der Waals surface area contributed by atoms with Crippen LogP contribution in [0, 0.1) is 48.5 Å². The third-order valence-electron chi connectivity index (χ3n) is 9.89. The van der Waals surface area contributed by atoms with Crippen LogP contribution >= 0.6 is 0 Å². The van der Waals surface area contributed by atoms with Crippen LogP contribution < -0.4 is 25.8 Å². The second-order valence-electron chi connectivity index (χ2n) is 13.6. The molecule has 4 amide bonds. The first-order valence-electron chi connectivity index (χ1n) is 17.5. The van der Waals surface area contributed by atoms with Crippen LogP contribution in [-0.4, -0.2) is 155 Å². The van der Waals surface area contributed by atoms with Gasteiger partial charge in [-0.1, -0.05) is 0 Å². The first kappa shape index (κ1) is 46.0. The third-order valence-corrected chi connectivity index (χ3v) is 9.89. The Morgan fingerprint density at radius 1 is 0.519 bits per heavy atom. The lowest BCUT2D eigenvalue weighted by molar-refractivity contribution is -0.108. The third kappa shape index (κ3) is 10.1. The number of carbonyl (C=O) groups is 4. The molecule has 0 fully saturated rings. The second kappa shape index (κ2) is 20.5. The molecular formula is C37H57N5O12. The smallest absolute Gasteiger partial charge is 0.252 e. The van der Waals surface area contributed by atoms with Crippen molar-refractivity contribution in [1.82, 2.24) is 16.0 Å². The number of rotatable bonds is 20. The van der Waals surface area contributed by atoms with E-state index in [1.165, 1.54) is 20.8 Å². The van der Waals surface area contributed by atoms with Crippen molar-refractivity contribution >= 4 is 35.5 Å². The summed E-state index contributed by atoms with van der Waals surface area (Å²) in [4.78, 5) is 55.8. The average Bonchev–Trinajstić information content (AvgIpc) is 3.13. The minimum absolute atomic E-state index is 0.0557. The summed E-state index contributed by atoms with van der Waals surface area (Å²) in [5, 5.41) is 87.5. The van der Waals surface area contributed by atoms with Gasteiger partial charge in [0.05, 0.1) is 82.2 Å². The number of anilines is 2. The summed E-state index contributed by atoms with van der Waals surface area (Å²) in [6.45, 7) is 7.71. The highest BCUT2D eigenvalue weighted by molar-refractivity contribution is 6.07. The van der Waals surface area contributed by atoms with Gasteiger partial charge in [0.1, 0.15) is 0 Å². The van der Waals surface area contributed by atoms with E-state index in [2.05, 4.69) is 16.0 Å². The zero-order chi connectivity index (χ0) is 41.2. The molecular weight excluding hydrogens is 706 g/mol. The number of hydrogen-bond donors (Lipinski definition) is 11. The molecule has 0 aliphatic heterocycles. The molecule has 54 heavy (non-hydrogen) atoms. The van der Waals surface area contributed by atoms with Gasteiger partial charge in [-0.25, -0.2) is 0 Å². The highest BCUT2D eigenvalue weighted by Gasteiger charge is 2.32. The number of nitrogens with zero attached hydrogens (tertiary/aromatic N) is 2. The van der Waals surface area contributed by atoms with Crippen LogP contribution in [0.25, 0.3) is 0 Å². The van der Waals surface area contributed by atoms with E-state index in [0.29, 0.717) is 28.8 Å². The van der Waals surface area contributed by atoms with Crippen molar-refractivity contribution in [2.75, 3.05) is 69.6 Å². The number of likely N-dealkylation sites (N-methyl/N-ethyl adjacent to an activating group) is 1. The molecule has 0 saturated heterocycles. The highest BCUT2D eigenvalue weighted by Crippen LogP contribution is 2.35. The number of amides is 4. The molecule has 0 radical (unpaired) electrons. The van der Waals surface area contributed by atoms with Crippen molar-refractivity contribution in [2.24, 2.45) is 0 Å². The van der Waals surface area contributed by atoms with Crippen molar-refractivity contribution in [2.45, 2.75) is 78.8 Å². The molecule has 0 aromatic heterocycles. The molecule has 0 aliphatic carbocycles. The fourth-order valence-electron chi connectivity index (χ4n) is 6.78. The van der Waals surface area contributed by atoms with Crippen LogP contribution in [0.15, 0.2) is 0 Å². The van der Waals surface area contributed by atoms with Gasteiger partial charge in [0.2, 0.25) is 6.41 Å². The Hall–Kier alpha value is -4.20. The maximum atomic E-state index is 13.5. The molecule has 302 valence electrons. The van der Waals surface area contributed by atoms with Crippen LogP contribution in [-0.2, 0) is 4.79 Å². The molecule has 2 aromatic rings. The van der Waals surface area contributed by atoms with Crippen LogP contribution in [0.4, 0.5) is 11.4 Å². The Balaban J connectivity index is 2.59. The van der Waals surface area contributed by atoms with Gasteiger partial charge in [-0.05, 0) is 87.4 Å². The Bertz CT molecular complexity index is 1600. The number of carbonyl (C=O) groups excluding carboxylic acids is 4. The molecule has 0 saturated carbocycles. The molecule has 0 bridgehead atoms. The van der Waals surface area contributed by atoms with Gasteiger partial charge in [-0.15, -0.1) is 0 Å². The van der Waals surface area contributed by atoms with Crippen molar-refractivity contribution in [3.63, 3.8) is 0 Å². The zero-order valence-electron chi connectivity index (χ0n) is 32.2. The number of benzene rings is 2. The lowest BCUT2D eigenvalue weighted by Gasteiger charge is -2.33. The van der Waals surface area contributed by atoms with Crippen LogP contribution in [0.2, 0.25) is 0 Å². The van der Waals surface area contributed by atoms with Crippen LogP contribution in [0.1, 0.15) is 70.0 Å².